The van der Waals surface area contributed by atoms with Crippen LogP contribution in [0.2, 0.25) is 10.0 Å². The number of carboxylic acid groups (broad SMARTS) is 1. The second-order valence-corrected chi connectivity index (χ2v) is 11.2. The normalized spacial score (nSPS) is 25.3. The van der Waals surface area contributed by atoms with Gasteiger partial charge >= 0.3 is 5.97 Å². The number of piperidine rings is 1. The number of rotatable bonds is 6. The molecule has 3 atom stereocenters. The number of hydrazine groups is 2. The summed E-state index contributed by atoms with van der Waals surface area (Å²) in [6, 6.07) is 8.18. The van der Waals surface area contributed by atoms with Gasteiger partial charge in [0, 0.05) is 35.5 Å². The maximum absolute atomic E-state index is 12.6. The fourth-order valence-electron chi connectivity index (χ4n) is 4.67. The van der Waals surface area contributed by atoms with Gasteiger partial charge in [-0.3, -0.25) is 9.80 Å². The third-order valence-electron chi connectivity index (χ3n) is 5.92. The van der Waals surface area contributed by atoms with Crippen LogP contribution >= 0.6 is 50.5 Å². The maximum Gasteiger partial charge on any atom is 0.324 e. The number of aliphatic hydroxyl groups is 1. The van der Waals surface area contributed by atoms with E-state index in [0.717, 1.165) is 41.0 Å². The molecule has 0 spiro atoms. The zero-order valence-corrected chi connectivity index (χ0v) is 20.7. The summed E-state index contributed by atoms with van der Waals surface area (Å²) in [7, 11) is 0. The van der Waals surface area contributed by atoms with Gasteiger partial charge in [0.1, 0.15) is 6.04 Å². The average molecular weight is 549 g/mol. The first-order valence-corrected chi connectivity index (χ1v) is 12.7. The molecule has 10 heteroatoms. The predicted octanol–water partition coefficient (Wildman–Crippen LogP) is 5.45. The van der Waals surface area contributed by atoms with Crippen molar-refractivity contribution in [2.75, 3.05) is 24.7 Å². The molecule has 168 valence electrons. The van der Waals surface area contributed by atoms with Crippen LogP contribution < -0.4 is 5.01 Å². The summed E-state index contributed by atoms with van der Waals surface area (Å²) in [6.07, 6.45) is 3.50. The topological polar surface area (TPSA) is 67.2 Å². The van der Waals surface area contributed by atoms with Crippen molar-refractivity contribution in [2.24, 2.45) is 5.92 Å². The molecular formula is C21H24BrCl2N3O3S. The van der Waals surface area contributed by atoms with Gasteiger partial charge < -0.3 is 10.2 Å². The molecule has 0 aliphatic carbocycles. The summed E-state index contributed by atoms with van der Waals surface area (Å²) in [5.74, 6) is -1.24. The molecule has 0 radical (unpaired) electrons. The molecule has 2 aliphatic heterocycles. The summed E-state index contributed by atoms with van der Waals surface area (Å²) in [5, 5.41) is 27.2. The minimum atomic E-state index is -0.905. The zero-order valence-electron chi connectivity index (χ0n) is 16.8. The van der Waals surface area contributed by atoms with Crippen molar-refractivity contribution in [3.8, 4) is 0 Å². The van der Waals surface area contributed by atoms with Crippen molar-refractivity contribution in [3.05, 3.63) is 49.0 Å². The number of nitrogens with zero attached hydrogens (tertiary/aromatic N) is 3. The first kappa shape index (κ1) is 23.3. The van der Waals surface area contributed by atoms with E-state index in [9.17, 15) is 15.0 Å². The summed E-state index contributed by atoms with van der Waals surface area (Å²) in [5.41, 5.74) is 0.706. The van der Waals surface area contributed by atoms with Gasteiger partial charge in [0.15, 0.2) is 0 Å². The predicted molar refractivity (Wildman–Crippen MR) is 128 cm³/mol. The Hall–Kier alpha value is -0.870. The number of thiophene rings is 1. The van der Waals surface area contributed by atoms with Crippen molar-refractivity contribution in [2.45, 2.75) is 37.8 Å². The van der Waals surface area contributed by atoms with Gasteiger partial charge in [-0.2, -0.15) is 0 Å². The highest BCUT2D eigenvalue weighted by Gasteiger charge is 2.54. The number of carbonyl (C=O) groups is 1. The second-order valence-electron chi connectivity index (χ2n) is 7.82. The maximum atomic E-state index is 12.6. The molecular weight excluding hydrogens is 525 g/mol. The summed E-state index contributed by atoms with van der Waals surface area (Å²) < 4.78 is 0.968. The van der Waals surface area contributed by atoms with E-state index in [1.54, 1.807) is 23.5 Å². The van der Waals surface area contributed by atoms with E-state index >= 15 is 0 Å². The summed E-state index contributed by atoms with van der Waals surface area (Å²) in [4.78, 5) is 13.6. The minimum Gasteiger partial charge on any atom is -0.480 e. The van der Waals surface area contributed by atoms with Crippen molar-refractivity contribution < 1.29 is 15.0 Å². The van der Waals surface area contributed by atoms with Gasteiger partial charge in [0.05, 0.1) is 20.5 Å². The number of hydrogen-bond acceptors (Lipinski definition) is 6. The minimum absolute atomic E-state index is 0.0898. The molecule has 0 amide bonds. The Bertz CT molecular complexity index is 940. The Morgan fingerprint density at radius 2 is 1.90 bits per heavy atom. The van der Waals surface area contributed by atoms with Crippen LogP contribution in [0.5, 0.6) is 0 Å². The lowest BCUT2D eigenvalue weighted by atomic mass is 9.89. The number of aliphatic carboxylic acids is 1. The number of anilines is 1. The number of halogens is 3. The third-order valence-corrected chi connectivity index (χ3v) is 8.16. The van der Waals surface area contributed by atoms with E-state index in [1.807, 2.05) is 28.3 Å². The van der Waals surface area contributed by atoms with Crippen molar-refractivity contribution >= 4 is 62.1 Å². The molecule has 3 heterocycles. The molecule has 31 heavy (non-hydrogen) atoms. The average Bonchev–Trinajstić information content (AvgIpc) is 3.30. The Kier molecular flexibility index (Phi) is 7.48. The van der Waals surface area contributed by atoms with Gasteiger partial charge in [0.2, 0.25) is 0 Å². The van der Waals surface area contributed by atoms with Crippen molar-refractivity contribution in [3.63, 3.8) is 0 Å². The third kappa shape index (κ3) is 4.62. The molecule has 2 N–H and O–H groups in total. The molecule has 3 unspecified atom stereocenters. The Morgan fingerprint density at radius 3 is 2.48 bits per heavy atom. The highest BCUT2D eigenvalue weighted by Crippen LogP contribution is 2.50. The van der Waals surface area contributed by atoms with Gasteiger partial charge in [-0.15, -0.1) is 16.5 Å². The zero-order chi connectivity index (χ0) is 22.1. The van der Waals surface area contributed by atoms with Crippen LogP contribution in [0, 0.1) is 5.92 Å². The Labute approximate surface area is 204 Å². The highest BCUT2D eigenvalue weighted by atomic mass is 79.9. The molecule has 2 fully saturated rings. The number of carboxylic acids is 1. The molecule has 2 aromatic rings. The van der Waals surface area contributed by atoms with Crippen LogP contribution in [0.25, 0.3) is 0 Å². The SMILES string of the molecule is O=C(O)C1C(CCO)C(c2ccc(Br)s2)N(c2ccc(Cl)cc2Cl)N1N1CCCCC1. The fourth-order valence-corrected chi connectivity index (χ4v) is 6.75. The molecule has 1 aromatic heterocycles. The Morgan fingerprint density at radius 1 is 1.16 bits per heavy atom. The second kappa shape index (κ2) is 9.95. The van der Waals surface area contributed by atoms with Crippen LogP contribution in [0.3, 0.4) is 0 Å². The first-order valence-electron chi connectivity index (χ1n) is 10.3. The standard InChI is InChI=1S/C21H24BrCl2N3O3S/c22-18-7-6-17(31-18)19-14(8-11-28)20(21(29)30)27(25-9-2-1-3-10-25)26(19)16-5-4-13(23)12-15(16)24/h4-7,12,14,19-20,28H,1-3,8-11H2,(H,29,30). The van der Waals surface area contributed by atoms with Crippen molar-refractivity contribution in [1.82, 2.24) is 10.1 Å². The van der Waals surface area contributed by atoms with Crippen LogP contribution in [0.1, 0.15) is 36.6 Å². The molecule has 4 rings (SSSR count). The molecule has 6 nitrogen and oxygen atoms in total. The van der Waals surface area contributed by atoms with Gasteiger partial charge in [0.25, 0.3) is 0 Å². The molecule has 2 aliphatic rings. The lowest BCUT2D eigenvalue weighted by Crippen LogP contribution is -2.57. The number of aliphatic hydroxyl groups excluding tert-OH is 1. The molecule has 2 saturated heterocycles. The molecule has 0 bridgehead atoms. The van der Waals surface area contributed by atoms with E-state index in [0.29, 0.717) is 22.2 Å². The molecule has 0 saturated carbocycles. The highest BCUT2D eigenvalue weighted by molar-refractivity contribution is 9.11. The van der Waals surface area contributed by atoms with Crippen LogP contribution in [0.4, 0.5) is 5.69 Å². The largest absolute Gasteiger partial charge is 0.480 e. The van der Waals surface area contributed by atoms with Crippen LogP contribution in [-0.4, -0.2) is 52.0 Å². The first-order chi connectivity index (χ1) is 14.9. The monoisotopic (exact) mass is 547 g/mol. The van der Waals surface area contributed by atoms with Gasteiger partial charge in [-0.25, -0.2) is 5.01 Å². The lowest BCUT2D eigenvalue weighted by molar-refractivity contribution is -0.154. The Balaban J connectivity index is 1.90. The lowest BCUT2D eigenvalue weighted by Gasteiger charge is -2.43. The van der Waals surface area contributed by atoms with Crippen LogP contribution in [0.15, 0.2) is 34.1 Å². The van der Waals surface area contributed by atoms with E-state index in [-0.39, 0.29) is 18.6 Å². The van der Waals surface area contributed by atoms with Gasteiger partial charge in [-0.05, 0) is 65.5 Å². The van der Waals surface area contributed by atoms with Gasteiger partial charge in [-0.1, -0.05) is 29.6 Å². The summed E-state index contributed by atoms with van der Waals surface area (Å²) in [6.45, 7) is 1.46. The molecule has 1 aromatic carbocycles. The van der Waals surface area contributed by atoms with E-state index in [4.69, 9.17) is 23.2 Å². The van der Waals surface area contributed by atoms with Crippen molar-refractivity contribution in [1.29, 1.82) is 0 Å². The fraction of sp³-hybridized carbons (Fsp3) is 0.476. The van der Waals surface area contributed by atoms with Crippen LogP contribution in [-0.2, 0) is 4.79 Å². The summed E-state index contributed by atoms with van der Waals surface area (Å²) >= 11 is 17.9. The number of hydrogen-bond donors (Lipinski definition) is 2. The van der Waals surface area contributed by atoms with E-state index in [2.05, 4.69) is 20.9 Å². The number of benzene rings is 1. The van der Waals surface area contributed by atoms with E-state index < -0.39 is 12.0 Å². The quantitative estimate of drug-likeness (QED) is 0.500. The van der Waals surface area contributed by atoms with E-state index in [1.165, 1.54) is 0 Å². The smallest absolute Gasteiger partial charge is 0.324 e.